The van der Waals surface area contributed by atoms with Gasteiger partial charge in [0.25, 0.3) is 0 Å². The summed E-state index contributed by atoms with van der Waals surface area (Å²) in [6, 6.07) is 6.54. The Kier molecular flexibility index (Phi) is 2.44. The molecule has 0 bridgehead atoms. The standard InChI is InChI=1S/C9H7O2/c10-7-1-2-8-3-5-9(11)6-4-8/h1-6,11H. The normalized spacial score (nSPS) is 10.2. The fraction of sp³-hybridized carbons (Fsp3) is 0. The summed E-state index contributed by atoms with van der Waals surface area (Å²) in [5.41, 5.74) is 0.867. The summed E-state index contributed by atoms with van der Waals surface area (Å²) in [4.78, 5) is 9.78. The number of carbonyl (C=O) groups excluding carboxylic acids is 1. The first kappa shape index (κ1) is 7.54. The maximum Gasteiger partial charge on any atom is 0.225 e. The Balaban J connectivity index is 2.81. The van der Waals surface area contributed by atoms with Gasteiger partial charge in [-0.3, -0.25) is 4.79 Å². The molecule has 1 aromatic carbocycles. The van der Waals surface area contributed by atoms with Crippen molar-refractivity contribution in [3.63, 3.8) is 0 Å². The van der Waals surface area contributed by atoms with Crippen LogP contribution in [0.5, 0.6) is 5.75 Å². The number of hydrogen-bond donors (Lipinski definition) is 1. The lowest BCUT2D eigenvalue weighted by Gasteiger charge is -1.91. The molecule has 0 saturated carbocycles. The van der Waals surface area contributed by atoms with Crippen molar-refractivity contribution in [1.82, 2.24) is 0 Å². The van der Waals surface area contributed by atoms with Crippen LogP contribution in [0.4, 0.5) is 0 Å². The van der Waals surface area contributed by atoms with Gasteiger partial charge in [-0.25, -0.2) is 0 Å². The van der Waals surface area contributed by atoms with E-state index in [1.807, 2.05) is 0 Å². The van der Waals surface area contributed by atoms with Crippen LogP contribution in [0.25, 0.3) is 6.08 Å². The van der Waals surface area contributed by atoms with Crippen molar-refractivity contribution >= 4 is 12.4 Å². The van der Waals surface area contributed by atoms with E-state index in [0.29, 0.717) is 0 Å². The van der Waals surface area contributed by atoms with Crippen LogP contribution in [0.1, 0.15) is 5.56 Å². The molecule has 0 aromatic heterocycles. The van der Waals surface area contributed by atoms with E-state index < -0.39 is 0 Å². The van der Waals surface area contributed by atoms with Crippen LogP contribution in [-0.4, -0.2) is 11.4 Å². The second-order valence-electron chi connectivity index (χ2n) is 2.04. The first-order valence-electron chi connectivity index (χ1n) is 3.16. The quantitative estimate of drug-likeness (QED) is 0.644. The summed E-state index contributed by atoms with van der Waals surface area (Å²) < 4.78 is 0. The SMILES string of the molecule is O=[C]C=Cc1ccc(O)cc1. The van der Waals surface area contributed by atoms with Gasteiger partial charge in [-0.05, 0) is 23.8 Å². The number of rotatable bonds is 2. The minimum absolute atomic E-state index is 0.220. The predicted molar refractivity (Wildman–Crippen MR) is 42.8 cm³/mol. The zero-order valence-corrected chi connectivity index (χ0v) is 5.82. The molecule has 2 heteroatoms. The molecule has 1 rings (SSSR count). The highest BCUT2D eigenvalue weighted by Gasteiger charge is 1.86. The number of aromatic hydroxyl groups is 1. The summed E-state index contributed by atoms with van der Waals surface area (Å²) in [7, 11) is 0. The fourth-order valence-corrected chi connectivity index (χ4v) is 0.716. The van der Waals surface area contributed by atoms with Crippen molar-refractivity contribution < 1.29 is 9.90 Å². The molecule has 0 aliphatic heterocycles. The Bertz CT molecular complexity index is 259. The van der Waals surface area contributed by atoms with Gasteiger partial charge in [0.05, 0.1) is 0 Å². The Morgan fingerprint density at radius 3 is 2.45 bits per heavy atom. The minimum atomic E-state index is 0.220. The second-order valence-corrected chi connectivity index (χ2v) is 2.04. The number of benzene rings is 1. The topological polar surface area (TPSA) is 37.3 Å². The Morgan fingerprint density at radius 1 is 1.27 bits per heavy atom. The monoisotopic (exact) mass is 147 g/mol. The van der Waals surface area contributed by atoms with E-state index >= 15 is 0 Å². The van der Waals surface area contributed by atoms with E-state index in [4.69, 9.17) is 5.11 Å². The van der Waals surface area contributed by atoms with Crippen molar-refractivity contribution in [2.24, 2.45) is 0 Å². The Labute approximate surface area is 64.8 Å². The molecule has 0 aliphatic carbocycles. The average molecular weight is 147 g/mol. The maximum absolute atomic E-state index is 9.78. The van der Waals surface area contributed by atoms with Crippen LogP contribution in [0.15, 0.2) is 30.3 Å². The van der Waals surface area contributed by atoms with Crippen LogP contribution < -0.4 is 0 Å². The second kappa shape index (κ2) is 3.56. The van der Waals surface area contributed by atoms with Crippen molar-refractivity contribution in [2.75, 3.05) is 0 Å². The van der Waals surface area contributed by atoms with Crippen LogP contribution in [0, 0.1) is 0 Å². The van der Waals surface area contributed by atoms with E-state index in [1.54, 1.807) is 36.6 Å². The number of hydrogen-bond acceptors (Lipinski definition) is 2. The summed E-state index contributed by atoms with van der Waals surface area (Å²) in [6.45, 7) is 0. The van der Waals surface area contributed by atoms with Gasteiger partial charge < -0.3 is 5.11 Å². The number of allylic oxidation sites excluding steroid dienone is 1. The van der Waals surface area contributed by atoms with E-state index in [-0.39, 0.29) is 5.75 Å². The molecule has 1 aromatic rings. The zero-order chi connectivity index (χ0) is 8.10. The lowest BCUT2D eigenvalue weighted by molar-refractivity contribution is 0.475. The van der Waals surface area contributed by atoms with Gasteiger partial charge in [-0.15, -0.1) is 0 Å². The van der Waals surface area contributed by atoms with E-state index in [1.165, 1.54) is 6.08 Å². The summed E-state index contributed by atoms with van der Waals surface area (Å²) in [6.07, 6.45) is 4.54. The molecule has 0 fully saturated rings. The molecule has 11 heavy (non-hydrogen) atoms. The van der Waals surface area contributed by atoms with Crippen LogP contribution in [0.3, 0.4) is 0 Å². The van der Waals surface area contributed by atoms with Gasteiger partial charge in [0.15, 0.2) is 0 Å². The smallest absolute Gasteiger partial charge is 0.225 e. The largest absolute Gasteiger partial charge is 0.508 e. The molecule has 0 saturated heterocycles. The van der Waals surface area contributed by atoms with Gasteiger partial charge in [0.2, 0.25) is 6.29 Å². The predicted octanol–water partition coefficient (Wildman–Crippen LogP) is 1.52. The summed E-state index contributed by atoms with van der Waals surface area (Å²) in [5, 5.41) is 8.88. The fourth-order valence-electron chi connectivity index (χ4n) is 0.716. The van der Waals surface area contributed by atoms with Crippen LogP contribution in [-0.2, 0) is 4.79 Å². The van der Waals surface area contributed by atoms with Crippen LogP contribution in [0.2, 0.25) is 0 Å². The molecular weight excluding hydrogens is 140 g/mol. The average Bonchev–Trinajstić information content (AvgIpc) is 2.04. The zero-order valence-electron chi connectivity index (χ0n) is 5.82. The molecular formula is C9H7O2. The van der Waals surface area contributed by atoms with Crippen molar-refractivity contribution in [3.05, 3.63) is 35.9 Å². The van der Waals surface area contributed by atoms with Gasteiger partial charge in [-0.2, -0.15) is 0 Å². The Hall–Kier alpha value is -1.57. The lowest BCUT2D eigenvalue weighted by atomic mass is 10.2. The molecule has 1 N–H and O–H groups in total. The molecule has 0 amide bonds. The molecule has 0 unspecified atom stereocenters. The first-order chi connectivity index (χ1) is 5.33. The van der Waals surface area contributed by atoms with E-state index in [0.717, 1.165) is 5.56 Å². The first-order valence-corrected chi connectivity index (χ1v) is 3.16. The number of phenolic OH excluding ortho intramolecular Hbond substituents is 1. The number of phenols is 1. The van der Waals surface area contributed by atoms with E-state index in [9.17, 15) is 4.79 Å². The van der Waals surface area contributed by atoms with E-state index in [2.05, 4.69) is 0 Å². The molecule has 2 nitrogen and oxygen atoms in total. The Morgan fingerprint density at radius 2 is 1.91 bits per heavy atom. The highest BCUT2D eigenvalue weighted by molar-refractivity contribution is 5.74. The highest BCUT2D eigenvalue weighted by atomic mass is 16.3. The third-order valence-corrected chi connectivity index (χ3v) is 1.24. The molecule has 0 atom stereocenters. The molecule has 1 radical (unpaired) electrons. The minimum Gasteiger partial charge on any atom is -0.508 e. The molecule has 0 heterocycles. The summed E-state index contributed by atoms with van der Waals surface area (Å²) in [5.74, 6) is 0.220. The van der Waals surface area contributed by atoms with Crippen LogP contribution >= 0.6 is 0 Å². The van der Waals surface area contributed by atoms with Gasteiger partial charge in [0.1, 0.15) is 5.75 Å². The van der Waals surface area contributed by atoms with Gasteiger partial charge >= 0.3 is 0 Å². The summed E-state index contributed by atoms with van der Waals surface area (Å²) >= 11 is 0. The van der Waals surface area contributed by atoms with Gasteiger partial charge in [-0.1, -0.05) is 18.2 Å². The van der Waals surface area contributed by atoms with Crippen molar-refractivity contribution in [3.8, 4) is 5.75 Å². The molecule has 0 spiro atoms. The van der Waals surface area contributed by atoms with Gasteiger partial charge in [0, 0.05) is 0 Å². The van der Waals surface area contributed by atoms with Crippen molar-refractivity contribution in [2.45, 2.75) is 0 Å². The maximum atomic E-state index is 9.78. The van der Waals surface area contributed by atoms with Crippen molar-refractivity contribution in [1.29, 1.82) is 0 Å². The molecule has 0 aliphatic rings. The molecule has 55 valence electrons. The third kappa shape index (κ3) is 2.26. The lowest BCUT2D eigenvalue weighted by Crippen LogP contribution is -1.70. The highest BCUT2D eigenvalue weighted by Crippen LogP contribution is 2.10. The third-order valence-electron chi connectivity index (χ3n) is 1.24.